The molecule has 14 heteroatoms. The molecule has 5 atom stereocenters. The number of nitrogens with one attached hydrogen (secondary N) is 2. The number of hydrogen-bond donors (Lipinski definition) is 4. The molecule has 0 fully saturated rings. The Morgan fingerprint density at radius 3 is 2.00 bits per heavy atom. The second kappa shape index (κ2) is 15.1. The topological polar surface area (TPSA) is 118 Å². The molecule has 2 aromatic rings. The highest BCUT2D eigenvalue weighted by molar-refractivity contribution is 8.03. The van der Waals surface area contributed by atoms with Gasteiger partial charge in [0, 0.05) is 31.1 Å². The van der Waals surface area contributed by atoms with Gasteiger partial charge in [-0.15, -0.1) is 0 Å². The summed E-state index contributed by atoms with van der Waals surface area (Å²) in [6.07, 6.45) is 5.87. The van der Waals surface area contributed by atoms with E-state index in [1.807, 2.05) is 24.3 Å². The molecule has 0 aliphatic carbocycles. The summed E-state index contributed by atoms with van der Waals surface area (Å²) in [5, 5.41) is -0.565. The predicted octanol–water partition coefficient (Wildman–Crippen LogP) is -2.52. The molecule has 0 bridgehead atoms. The third kappa shape index (κ3) is 8.98. The molecule has 0 saturated carbocycles. The third-order valence-corrected chi connectivity index (χ3v) is 12.2. The van der Waals surface area contributed by atoms with E-state index in [4.69, 9.17) is 0 Å². The van der Waals surface area contributed by atoms with Crippen LogP contribution in [0.3, 0.4) is 0 Å². The van der Waals surface area contributed by atoms with Crippen molar-refractivity contribution in [2.45, 2.75) is 65.7 Å². The molecular formula is C27H36Cl2N2O6S4. The van der Waals surface area contributed by atoms with Crippen molar-refractivity contribution in [3.05, 3.63) is 71.3 Å². The standard InChI is InChI=1S/C27H34N2O6S4.2ClH/c1-4-21(17-26-28(15-13-19(2)38(30,31)32)22-9-5-7-11-24(22)36-26)18-27-29(16-14-20(3)39(33,34)35)23-10-6-8-12-25(23)37-27;;/h5-12,17-20,26H,4,13-16H2,1-3H3,(H,30,31,32)(H,33,34,35);2*1H. The largest absolute Gasteiger partial charge is 1.00 e. The van der Waals surface area contributed by atoms with Gasteiger partial charge in [0.05, 0.1) is 33.4 Å². The summed E-state index contributed by atoms with van der Waals surface area (Å²) in [6.45, 7) is 6.25. The maximum absolute atomic E-state index is 11.6. The van der Waals surface area contributed by atoms with Crippen LogP contribution in [0.25, 0.3) is 0 Å². The normalized spacial score (nSPS) is 22.8. The van der Waals surface area contributed by atoms with Gasteiger partial charge >= 0.3 is 0 Å². The Labute approximate surface area is 264 Å². The molecule has 41 heavy (non-hydrogen) atoms. The van der Waals surface area contributed by atoms with Gasteiger partial charge in [-0.2, -0.15) is 16.8 Å². The van der Waals surface area contributed by atoms with E-state index in [9.17, 15) is 25.9 Å². The van der Waals surface area contributed by atoms with E-state index in [1.54, 1.807) is 23.5 Å². The van der Waals surface area contributed by atoms with Crippen LogP contribution in [0.15, 0.2) is 81.1 Å². The Bertz CT molecular complexity index is 1480. The molecule has 0 radical (unpaired) electrons. The SMILES string of the molecule is CCC(=CC1Sc2ccccc2[NH+]1CCC(C)S(=O)(=O)O)C=C1Sc2ccccc2[NH+]1CCC(C)S(=O)(=O)O.[Cl-].[Cl-]. The molecule has 0 spiro atoms. The fourth-order valence-electron chi connectivity index (χ4n) is 4.73. The summed E-state index contributed by atoms with van der Waals surface area (Å²) >= 11 is 3.42. The van der Waals surface area contributed by atoms with Gasteiger partial charge in [0.1, 0.15) is 5.69 Å². The van der Waals surface area contributed by atoms with E-state index >= 15 is 0 Å². The lowest BCUT2D eigenvalue weighted by atomic mass is 10.1. The molecule has 228 valence electrons. The van der Waals surface area contributed by atoms with Gasteiger partial charge in [0.15, 0.2) is 16.1 Å². The van der Waals surface area contributed by atoms with Gasteiger partial charge in [-0.3, -0.25) is 18.9 Å². The van der Waals surface area contributed by atoms with Crippen molar-refractivity contribution < 1.29 is 60.6 Å². The Morgan fingerprint density at radius 2 is 1.41 bits per heavy atom. The van der Waals surface area contributed by atoms with Crippen LogP contribution in [0.4, 0.5) is 11.4 Å². The highest BCUT2D eigenvalue weighted by atomic mass is 35.5. The number of allylic oxidation sites excluding steroid dienone is 2. The lowest BCUT2D eigenvalue weighted by Crippen LogP contribution is -3.09. The number of benzene rings is 2. The maximum atomic E-state index is 11.6. The quantitative estimate of drug-likeness (QED) is 0.192. The Hall–Kier alpha value is -1.06. The molecule has 2 aromatic carbocycles. The van der Waals surface area contributed by atoms with Gasteiger partial charge < -0.3 is 24.8 Å². The summed E-state index contributed by atoms with van der Waals surface area (Å²) in [5.74, 6) is 0. The number of rotatable bonds is 11. The average Bonchev–Trinajstić information content (AvgIpc) is 3.41. The van der Waals surface area contributed by atoms with Crippen molar-refractivity contribution in [2.75, 3.05) is 13.1 Å². The highest BCUT2D eigenvalue weighted by Gasteiger charge is 2.36. The smallest absolute Gasteiger partial charge is 0.267 e. The minimum Gasteiger partial charge on any atom is -1.00 e. The van der Waals surface area contributed by atoms with Gasteiger partial charge in [-0.1, -0.05) is 43.0 Å². The molecule has 2 aliphatic rings. The van der Waals surface area contributed by atoms with Crippen molar-refractivity contribution in [2.24, 2.45) is 0 Å². The lowest BCUT2D eigenvalue weighted by Gasteiger charge is -2.21. The van der Waals surface area contributed by atoms with Gasteiger partial charge in [-0.25, -0.2) is 0 Å². The highest BCUT2D eigenvalue weighted by Crippen LogP contribution is 2.37. The van der Waals surface area contributed by atoms with Crippen molar-refractivity contribution in [3.63, 3.8) is 0 Å². The van der Waals surface area contributed by atoms with Gasteiger partial charge in [-0.05, 0) is 55.8 Å². The lowest BCUT2D eigenvalue weighted by molar-refractivity contribution is -0.835. The first-order valence-electron chi connectivity index (χ1n) is 13.0. The second-order valence-corrected chi connectivity index (χ2v) is 15.9. The average molecular weight is 684 g/mol. The van der Waals surface area contributed by atoms with Gasteiger partial charge in [0.25, 0.3) is 20.2 Å². The number of para-hydroxylation sites is 2. The third-order valence-electron chi connectivity index (χ3n) is 7.29. The molecule has 2 heterocycles. The number of halogens is 2. The van der Waals surface area contributed by atoms with Crippen LogP contribution in [0.1, 0.15) is 40.0 Å². The number of thioether (sulfide) groups is 2. The van der Waals surface area contributed by atoms with Crippen LogP contribution in [-0.2, 0) is 20.2 Å². The summed E-state index contributed by atoms with van der Waals surface area (Å²) in [6, 6.07) is 16.2. The van der Waals surface area contributed by atoms with Crippen LogP contribution in [0, 0.1) is 0 Å². The minimum absolute atomic E-state index is 0. The fraction of sp³-hybridized carbons (Fsp3) is 0.407. The molecule has 8 nitrogen and oxygen atoms in total. The molecule has 5 unspecified atom stereocenters. The fourth-order valence-corrected chi connectivity index (χ4v) is 8.18. The summed E-state index contributed by atoms with van der Waals surface area (Å²) in [4.78, 5) is 4.52. The first-order valence-corrected chi connectivity index (χ1v) is 17.7. The zero-order valence-corrected chi connectivity index (χ0v) is 27.7. The van der Waals surface area contributed by atoms with E-state index < -0.39 is 30.7 Å². The first kappa shape index (κ1) is 36.1. The summed E-state index contributed by atoms with van der Waals surface area (Å²) in [7, 11) is -8.19. The van der Waals surface area contributed by atoms with Crippen molar-refractivity contribution in [3.8, 4) is 0 Å². The number of quaternary nitrogens is 2. The van der Waals surface area contributed by atoms with E-state index in [2.05, 4.69) is 43.3 Å². The van der Waals surface area contributed by atoms with Crippen LogP contribution in [0.2, 0.25) is 0 Å². The van der Waals surface area contributed by atoms with E-state index in [1.165, 1.54) is 13.8 Å². The Morgan fingerprint density at radius 1 is 0.878 bits per heavy atom. The monoisotopic (exact) mass is 682 g/mol. The van der Waals surface area contributed by atoms with Gasteiger partial charge in [0.2, 0.25) is 0 Å². The van der Waals surface area contributed by atoms with Crippen molar-refractivity contribution >= 4 is 55.1 Å². The molecular weight excluding hydrogens is 647 g/mol. The van der Waals surface area contributed by atoms with E-state index in [-0.39, 0.29) is 30.2 Å². The molecule has 0 amide bonds. The number of hydrogen-bond acceptors (Lipinski definition) is 6. The Balaban J connectivity index is 0.00000294. The zero-order chi connectivity index (χ0) is 28.4. The van der Waals surface area contributed by atoms with E-state index in [0.29, 0.717) is 25.9 Å². The first-order chi connectivity index (χ1) is 18.4. The van der Waals surface area contributed by atoms with E-state index in [0.717, 1.165) is 48.0 Å². The van der Waals surface area contributed by atoms with Crippen molar-refractivity contribution in [1.82, 2.24) is 0 Å². The molecule has 0 aromatic heterocycles. The summed E-state index contributed by atoms with van der Waals surface area (Å²) < 4.78 is 65.4. The van der Waals surface area contributed by atoms with Crippen LogP contribution in [-0.4, -0.2) is 54.9 Å². The minimum atomic E-state index is -4.10. The molecule has 2 aliphatic heterocycles. The Kier molecular flexibility index (Phi) is 13.3. The second-order valence-electron chi connectivity index (χ2n) is 9.97. The molecule has 0 saturated heterocycles. The number of fused-ring (bicyclic) bond motifs is 2. The molecule has 4 rings (SSSR count). The predicted molar refractivity (Wildman–Crippen MR) is 157 cm³/mol. The van der Waals surface area contributed by atoms with Crippen LogP contribution < -0.4 is 34.6 Å². The van der Waals surface area contributed by atoms with Crippen LogP contribution >= 0.6 is 23.5 Å². The zero-order valence-electron chi connectivity index (χ0n) is 23.0. The summed E-state index contributed by atoms with van der Waals surface area (Å²) in [5.41, 5.74) is 3.36. The maximum Gasteiger partial charge on any atom is 0.267 e. The molecule has 4 N–H and O–H groups in total. The van der Waals surface area contributed by atoms with Crippen LogP contribution in [0.5, 0.6) is 0 Å². The van der Waals surface area contributed by atoms with Crippen molar-refractivity contribution in [1.29, 1.82) is 0 Å².